The van der Waals surface area contributed by atoms with E-state index in [4.69, 9.17) is 11.6 Å². The predicted octanol–water partition coefficient (Wildman–Crippen LogP) is 3.71. The minimum atomic E-state index is 0.194. The molecule has 0 spiro atoms. The standard InChI is InChI=1S/C14H16ClNO/c15-11-3-5-12(6-4-11)16-14(17)13-8-9-1-2-10(13)7-9/h3-6,9-10,13H,1-2,7-8H2,(H,16,17)/t9-,10-,13-/m1/s1. The Morgan fingerprint density at radius 2 is 1.94 bits per heavy atom. The summed E-state index contributed by atoms with van der Waals surface area (Å²) in [6.07, 6.45) is 4.92. The lowest BCUT2D eigenvalue weighted by Crippen LogP contribution is -2.27. The molecule has 0 radical (unpaired) electrons. The Morgan fingerprint density at radius 1 is 1.18 bits per heavy atom. The molecule has 1 aromatic carbocycles. The topological polar surface area (TPSA) is 29.1 Å². The maximum Gasteiger partial charge on any atom is 0.227 e. The number of amides is 1. The van der Waals surface area contributed by atoms with Gasteiger partial charge in [-0.05, 0) is 55.4 Å². The first-order chi connectivity index (χ1) is 8.22. The molecule has 2 aliphatic rings. The number of benzene rings is 1. The molecule has 3 heteroatoms. The van der Waals surface area contributed by atoms with Gasteiger partial charge in [-0.3, -0.25) is 4.79 Å². The van der Waals surface area contributed by atoms with Crippen LogP contribution in [0.4, 0.5) is 5.69 Å². The first-order valence-corrected chi connectivity index (χ1v) is 6.66. The number of fused-ring (bicyclic) bond motifs is 2. The molecule has 0 saturated heterocycles. The summed E-state index contributed by atoms with van der Waals surface area (Å²) in [6.45, 7) is 0. The Bertz CT molecular complexity index is 428. The Kier molecular flexibility index (Phi) is 2.83. The fourth-order valence-electron chi connectivity index (χ4n) is 3.33. The van der Waals surface area contributed by atoms with Crippen LogP contribution >= 0.6 is 11.6 Å². The molecule has 1 N–H and O–H groups in total. The number of hydrogen-bond acceptors (Lipinski definition) is 1. The zero-order chi connectivity index (χ0) is 11.8. The maximum absolute atomic E-state index is 12.1. The zero-order valence-corrected chi connectivity index (χ0v) is 10.4. The van der Waals surface area contributed by atoms with E-state index < -0.39 is 0 Å². The van der Waals surface area contributed by atoms with Crippen LogP contribution < -0.4 is 5.32 Å². The monoisotopic (exact) mass is 249 g/mol. The number of rotatable bonds is 2. The second-order valence-electron chi connectivity index (χ2n) is 5.28. The Balaban J connectivity index is 1.65. The second-order valence-corrected chi connectivity index (χ2v) is 5.71. The molecule has 0 unspecified atom stereocenters. The summed E-state index contributed by atoms with van der Waals surface area (Å²) in [5, 5.41) is 3.70. The van der Waals surface area contributed by atoms with Crippen LogP contribution in [0.15, 0.2) is 24.3 Å². The van der Waals surface area contributed by atoms with Crippen LogP contribution in [0.3, 0.4) is 0 Å². The van der Waals surface area contributed by atoms with E-state index in [1.165, 1.54) is 19.3 Å². The normalized spacial score (nSPS) is 30.5. The molecule has 17 heavy (non-hydrogen) atoms. The summed E-state index contributed by atoms with van der Waals surface area (Å²) >= 11 is 5.81. The number of carbonyl (C=O) groups excluding carboxylic acids is 1. The third-order valence-corrected chi connectivity index (χ3v) is 4.44. The van der Waals surface area contributed by atoms with Crippen molar-refractivity contribution in [1.29, 1.82) is 0 Å². The molecule has 1 amide bonds. The highest BCUT2D eigenvalue weighted by Gasteiger charge is 2.42. The van der Waals surface area contributed by atoms with Gasteiger partial charge in [0.2, 0.25) is 5.91 Å². The molecule has 90 valence electrons. The molecular weight excluding hydrogens is 234 g/mol. The lowest BCUT2D eigenvalue weighted by Gasteiger charge is -2.20. The van der Waals surface area contributed by atoms with Gasteiger partial charge in [0.05, 0.1) is 0 Å². The largest absolute Gasteiger partial charge is 0.326 e. The van der Waals surface area contributed by atoms with Crippen LogP contribution in [-0.2, 0) is 4.79 Å². The van der Waals surface area contributed by atoms with Crippen LogP contribution in [0, 0.1) is 17.8 Å². The third-order valence-electron chi connectivity index (χ3n) is 4.19. The molecule has 1 aromatic rings. The SMILES string of the molecule is O=C(Nc1ccc(Cl)cc1)[C@@H]1C[C@@H]2CC[C@@H]1C2. The van der Waals surface area contributed by atoms with Crippen molar-refractivity contribution in [2.75, 3.05) is 5.32 Å². The molecule has 0 aliphatic heterocycles. The van der Waals surface area contributed by atoms with Gasteiger partial charge >= 0.3 is 0 Å². The zero-order valence-electron chi connectivity index (χ0n) is 9.66. The van der Waals surface area contributed by atoms with E-state index in [9.17, 15) is 4.79 Å². The second kappa shape index (κ2) is 4.34. The molecule has 2 aliphatic carbocycles. The number of nitrogens with one attached hydrogen (secondary N) is 1. The van der Waals surface area contributed by atoms with Gasteiger partial charge in [0, 0.05) is 16.6 Å². The predicted molar refractivity (Wildman–Crippen MR) is 69.0 cm³/mol. The van der Waals surface area contributed by atoms with Crippen LogP contribution in [0.5, 0.6) is 0 Å². The van der Waals surface area contributed by atoms with E-state index in [1.807, 2.05) is 12.1 Å². The van der Waals surface area contributed by atoms with Crippen molar-refractivity contribution < 1.29 is 4.79 Å². The minimum Gasteiger partial charge on any atom is -0.326 e. The molecule has 2 saturated carbocycles. The van der Waals surface area contributed by atoms with E-state index in [-0.39, 0.29) is 11.8 Å². The van der Waals surface area contributed by atoms with E-state index >= 15 is 0 Å². The molecule has 3 rings (SSSR count). The first-order valence-electron chi connectivity index (χ1n) is 6.29. The third kappa shape index (κ3) is 2.19. The fourth-order valence-corrected chi connectivity index (χ4v) is 3.46. The first kappa shape index (κ1) is 11.1. The summed E-state index contributed by atoms with van der Waals surface area (Å²) in [6, 6.07) is 7.32. The van der Waals surface area contributed by atoms with Crippen LogP contribution in [0.25, 0.3) is 0 Å². The summed E-state index contributed by atoms with van der Waals surface area (Å²) in [5.74, 6) is 1.87. The van der Waals surface area contributed by atoms with Gasteiger partial charge in [-0.2, -0.15) is 0 Å². The van der Waals surface area contributed by atoms with Crippen molar-refractivity contribution >= 4 is 23.2 Å². The number of hydrogen-bond donors (Lipinski definition) is 1. The number of carbonyl (C=O) groups is 1. The van der Waals surface area contributed by atoms with Gasteiger partial charge in [-0.15, -0.1) is 0 Å². The average molecular weight is 250 g/mol. The van der Waals surface area contributed by atoms with Crippen LogP contribution in [0.2, 0.25) is 5.02 Å². The summed E-state index contributed by atoms with van der Waals surface area (Å²) < 4.78 is 0. The quantitative estimate of drug-likeness (QED) is 0.851. The van der Waals surface area contributed by atoms with Gasteiger partial charge in [0.15, 0.2) is 0 Å². The van der Waals surface area contributed by atoms with Crippen molar-refractivity contribution in [3.63, 3.8) is 0 Å². The minimum absolute atomic E-state index is 0.194. The number of halogens is 1. The van der Waals surface area contributed by atoms with Gasteiger partial charge in [-0.25, -0.2) is 0 Å². The van der Waals surface area contributed by atoms with Crippen molar-refractivity contribution in [2.24, 2.45) is 17.8 Å². The lowest BCUT2D eigenvalue weighted by molar-refractivity contribution is -0.121. The highest BCUT2D eigenvalue weighted by atomic mass is 35.5. The van der Waals surface area contributed by atoms with E-state index in [0.29, 0.717) is 10.9 Å². The molecule has 0 heterocycles. The van der Waals surface area contributed by atoms with Gasteiger partial charge < -0.3 is 5.32 Å². The summed E-state index contributed by atoms with van der Waals surface area (Å²) in [4.78, 5) is 12.1. The Hall–Kier alpha value is -1.02. The van der Waals surface area contributed by atoms with Crippen molar-refractivity contribution in [3.05, 3.63) is 29.3 Å². The van der Waals surface area contributed by atoms with E-state index in [2.05, 4.69) is 5.32 Å². The summed E-state index contributed by atoms with van der Waals surface area (Å²) in [5.41, 5.74) is 0.849. The van der Waals surface area contributed by atoms with Crippen LogP contribution in [0.1, 0.15) is 25.7 Å². The van der Waals surface area contributed by atoms with Gasteiger partial charge in [0.25, 0.3) is 0 Å². The van der Waals surface area contributed by atoms with Crippen molar-refractivity contribution in [2.45, 2.75) is 25.7 Å². The van der Waals surface area contributed by atoms with Crippen molar-refractivity contribution in [3.8, 4) is 0 Å². The summed E-state index contributed by atoms with van der Waals surface area (Å²) in [7, 11) is 0. The van der Waals surface area contributed by atoms with Crippen molar-refractivity contribution in [1.82, 2.24) is 0 Å². The van der Waals surface area contributed by atoms with Crippen LogP contribution in [-0.4, -0.2) is 5.91 Å². The van der Waals surface area contributed by atoms with Gasteiger partial charge in [-0.1, -0.05) is 18.0 Å². The Labute approximate surface area is 106 Å². The Morgan fingerprint density at radius 3 is 2.53 bits per heavy atom. The smallest absolute Gasteiger partial charge is 0.227 e. The van der Waals surface area contributed by atoms with E-state index in [0.717, 1.165) is 18.0 Å². The fraction of sp³-hybridized carbons (Fsp3) is 0.500. The average Bonchev–Trinajstić information content (AvgIpc) is 2.94. The molecule has 2 nitrogen and oxygen atoms in total. The molecule has 2 fully saturated rings. The molecule has 3 atom stereocenters. The van der Waals surface area contributed by atoms with E-state index in [1.54, 1.807) is 12.1 Å². The highest BCUT2D eigenvalue weighted by molar-refractivity contribution is 6.30. The maximum atomic E-state index is 12.1. The molecular formula is C14H16ClNO. The highest BCUT2D eigenvalue weighted by Crippen LogP contribution is 2.48. The molecule has 0 aromatic heterocycles. The molecule has 2 bridgehead atoms. The number of anilines is 1. The van der Waals surface area contributed by atoms with Gasteiger partial charge in [0.1, 0.15) is 0 Å². The lowest BCUT2D eigenvalue weighted by atomic mass is 9.88.